The number of aliphatic hydroxyl groups excluding tert-OH is 1. The lowest BCUT2D eigenvalue weighted by molar-refractivity contribution is 0.147. The van der Waals surface area contributed by atoms with Gasteiger partial charge in [0.15, 0.2) is 0 Å². The lowest BCUT2D eigenvalue weighted by atomic mass is 10.0. The van der Waals surface area contributed by atoms with Gasteiger partial charge in [0, 0.05) is 0 Å². The highest BCUT2D eigenvalue weighted by atomic mass is 16.3. The van der Waals surface area contributed by atoms with Crippen molar-refractivity contribution in [2.45, 2.75) is 97.5 Å². The van der Waals surface area contributed by atoms with Crippen molar-refractivity contribution in [3.05, 3.63) is 0 Å². The number of hydrogen-bond acceptors (Lipinski definition) is 1. The maximum absolute atomic E-state index is 9.81. The first-order valence-electron chi connectivity index (χ1n) is 7.84. The van der Waals surface area contributed by atoms with Gasteiger partial charge in [-0.1, -0.05) is 78.6 Å². The molecule has 17 heavy (non-hydrogen) atoms. The van der Waals surface area contributed by atoms with E-state index in [1.54, 1.807) is 0 Å². The van der Waals surface area contributed by atoms with E-state index >= 15 is 0 Å². The molecule has 0 rings (SSSR count). The molecule has 104 valence electrons. The molecule has 0 saturated carbocycles. The number of unbranched alkanes of at least 4 members (excludes halogenated alkanes) is 6. The summed E-state index contributed by atoms with van der Waals surface area (Å²) in [6, 6.07) is 0. The summed E-state index contributed by atoms with van der Waals surface area (Å²) in [5, 5.41) is 9.81. The molecule has 0 aliphatic heterocycles. The SMILES string of the molecule is CCCCCCCC(O)CCCCCC(C)C. The van der Waals surface area contributed by atoms with Crippen LogP contribution in [0.3, 0.4) is 0 Å². The van der Waals surface area contributed by atoms with Gasteiger partial charge >= 0.3 is 0 Å². The molecule has 1 nitrogen and oxygen atoms in total. The predicted molar refractivity (Wildman–Crippen MR) is 77.3 cm³/mol. The van der Waals surface area contributed by atoms with Crippen molar-refractivity contribution in [2.75, 3.05) is 0 Å². The molecule has 0 aromatic heterocycles. The van der Waals surface area contributed by atoms with E-state index in [0.717, 1.165) is 18.8 Å². The van der Waals surface area contributed by atoms with Gasteiger partial charge in [0.2, 0.25) is 0 Å². The highest BCUT2D eigenvalue weighted by Crippen LogP contribution is 2.14. The van der Waals surface area contributed by atoms with Crippen LogP contribution in [0.2, 0.25) is 0 Å². The Balaban J connectivity index is 3.14. The molecule has 0 radical (unpaired) electrons. The molecule has 1 atom stereocenters. The molecule has 1 N–H and O–H groups in total. The Morgan fingerprint density at radius 1 is 0.706 bits per heavy atom. The minimum Gasteiger partial charge on any atom is -0.393 e. The fraction of sp³-hybridized carbons (Fsp3) is 1.00. The highest BCUT2D eigenvalue weighted by molar-refractivity contribution is 4.57. The fourth-order valence-electron chi connectivity index (χ4n) is 2.24. The Kier molecular flexibility index (Phi) is 12.4. The third kappa shape index (κ3) is 13.9. The van der Waals surface area contributed by atoms with Gasteiger partial charge in [-0.3, -0.25) is 0 Å². The topological polar surface area (TPSA) is 20.2 Å². The fourth-order valence-corrected chi connectivity index (χ4v) is 2.24. The van der Waals surface area contributed by atoms with Crippen molar-refractivity contribution < 1.29 is 5.11 Å². The Bertz CT molecular complexity index is 142. The van der Waals surface area contributed by atoms with Gasteiger partial charge in [-0.15, -0.1) is 0 Å². The second-order valence-electron chi connectivity index (χ2n) is 5.89. The zero-order valence-electron chi connectivity index (χ0n) is 12.4. The van der Waals surface area contributed by atoms with Gasteiger partial charge in [-0.25, -0.2) is 0 Å². The quantitative estimate of drug-likeness (QED) is 0.460. The van der Waals surface area contributed by atoms with Gasteiger partial charge in [0.05, 0.1) is 6.10 Å². The summed E-state index contributed by atoms with van der Waals surface area (Å²) >= 11 is 0. The van der Waals surface area contributed by atoms with Gasteiger partial charge in [-0.05, 0) is 18.8 Å². The minimum atomic E-state index is -0.0318. The van der Waals surface area contributed by atoms with Crippen molar-refractivity contribution >= 4 is 0 Å². The van der Waals surface area contributed by atoms with Crippen LogP contribution in [0.15, 0.2) is 0 Å². The molecular formula is C16H34O. The van der Waals surface area contributed by atoms with Crippen LogP contribution < -0.4 is 0 Å². The smallest absolute Gasteiger partial charge is 0.0540 e. The molecular weight excluding hydrogens is 208 g/mol. The maximum Gasteiger partial charge on any atom is 0.0540 e. The average Bonchev–Trinajstić information content (AvgIpc) is 2.28. The molecule has 0 spiro atoms. The van der Waals surface area contributed by atoms with Crippen molar-refractivity contribution in [2.24, 2.45) is 5.92 Å². The zero-order chi connectivity index (χ0) is 12.9. The van der Waals surface area contributed by atoms with Crippen LogP contribution in [-0.2, 0) is 0 Å². The molecule has 0 aliphatic rings. The molecule has 0 saturated heterocycles. The summed E-state index contributed by atoms with van der Waals surface area (Å²) < 4.78 is 0. The van der Waals surface area contributed by atoms with E-state index in [1.807, 2.05) is 0 Å². The van der Waals surface area contributed by atoms with E-state index in [0.29, 0.717) is 0 Å². The van der Waals surface area contributed by atoms with Crippen molar-refractivity contribution in [1.29, 1.82) is 0 Å². The summed E-state index contributed by atoms with van der Waals surface area (Å²) in [5.74, 6) is 0.832. The highest BCUT2D eigenvalue weighted by Gasteiger charge is 2.03. The number of hydrogen-bond donors (Lipinski definition) is 1. The van der Waals surface area contributed by atoms with Crippen LogP contribution in [0.4, 0.5) is 0 Å². The van der Waals surface area contributed by atoms with Crippen LogP contribution in [0.1, 0.15) is 91.4 Å². The molecule has 0 heterocycles. The van der Waals surface area contributed by atoms with Crippen LogP contribution >= 0.6 is 0 Å². The van der Waals surface area contributed by atoms with E-state index in [-0.39, 0.29) is 6.10 Å². The standard InChI is InChI=1S/C16H34O/c1-4-5-6-7-10-13-16(17)14-11-8-9-12-15(2)3/h15-17H,4-14H2,1-3H3. The second-order valence-corrected chi connectivity index (χ2v) is 5.89. The van der Waals surface area contributed by atoms with Gasteiger partial charge in [-0.2, -0.15) is 0 Å². The Morgan fingerprint density at radius 3 is 1.71 bits per heavy atom. The third-order valence-corrected chi connectivity index (χ3v) is 3.46. The summed E-state index contributed by atoms with van der Waals surface area (Å²) in [6.45, 7) is 6.81. The van der Waals surface area contributed by atoms with E-state index in [2.05, 4.69) is 20.8 Å². The maximum atomic E-state index is 9.81. The van der Waals surface area contributed by atoms with Gasteiger partial charge in [0.25, 0.3) is 0 Å². The first-order valence-corrected chi connectivity index (χ1v) is 7.84. The van der Waals surface area contributed by atoms with Crippen molar-refractivity contribution in [3.63, 3.8) is 0 Å². The van der Waals surface area contributed by atoms with Crippen LogP contribution in [0.5, 0.6) is 0 Å². The average molecular weight is 242 g/mol. The molecule has 1 heteroatoms. The third-order valence-electron chi connectivity index (χ3n) is 3.46. The zero-order valence-corrected chi connectivity index (χ0v) is 12.4. The first-order chi connectivity index (χ1) is 8.16. The van der Waals surface area contributed by atoms with Crippen molar-refractivity contribution in [1.82, 2.24) is 0 Å². The van der Waals surface area contributed by atoms with Gasteiger partial charge in [0.1, 0.15) is 0 Å². The van der Waals surface area contributed by atoms with E-state index < -0.39 is 0 Å². The largest absolute Gasteiger partial charge is 0.393 e. The Labute approximate surface area is 109 Å². The van der Waals surface area contributed by atoms with Crippen LogP contribution in [0, 0.1) is 5.92 Å². The van der Waals surface area contributed by atoms with Crippen LogP contribution in [0.25, 0.3) is 0 Å². The molecule has 0 bridgehead atoms. The van der Waals surface area contributed by atoms with Crippen LogP contribution in [-0.4, -0.2) is 11.2 Å². The summed E-state index contributed by atoms with van der Waals surface area (Å²) in [4.78, 5) is 0. The lowest BCUT2D eigenvalue weighted by Crippen LogP contribution is -2.06. The van der Waals surface area contributed by atoms with E-state index in [9.17, 15) is 5.11 Å². The normalized spacial score (nSPS) is 13.2. The first kappa shape index (κ1) is 17.0. The summed E-state index contributed by atoms with van der Waals surface area (Å²) in [6.07, 6.45) is 13.7. The second kappa shape index (κ2) is 12.4. The Morgan fingerprint density at radius 2 is 1.18 bits per heavy atom. The molecule has 0 amide bonds. The summed E-state index contributed by atoms with van der Waals surface area (Å²) in [5.41, 5.74) is 0. The monoisotopic (exact) mass is 242 g/mol. The molecule has 0 fully saturated rings. The van der Waals surface area contributed by atoms with E-state index in [1.165, 1.54) is 57.8 Å². The molecule has 0 aromatic rings. The van der Waals surface area contributed by atoms with E-state index in [4.69, 9.17) is 0 Å². The van der Waals surface area contributed by atoms with Gasteiger partial charge < -0.3 is 5.11 Å². The molecule has 0 aliphatic carbocycles. The number of aliphatic hydroxyl groups is 1. The lowest BCUT2D eigenvalue weighted by Gasteiger charge is -2.10. The summed E-state index contributed by atoms with van der Waals surface area (Å²) in [7, 11) is 0. The molecule has 0 aromatic carbocycles. The molecule has 1 unspecified atom stereocenters. The number of rotatable bonds is 12. The Hall–Kier alpha value is -0.0400. The minimum absolute atomic E-state index is 0.0318. The van der Waals surface area contributed by atoms with Crippen molar-refractivity contribution in [3.8, 4) is 0 Å². The predicted octanol–water partition coefficient (Wildman–Crippen LogP) is 5.31.